The molecule has 0 aromatic heterocycles. The molecule has 1 aliphatic heterocycles. The fourth-order valence-corrected chi connectivity index (χ4v) is 2.99. The molecule has 1 saturated heterocycles. The molecule has 0 spiro atoms. The van der Waals surface area contributed by atoms with Gasteiger partial charge in [-0.1, -0.05) is 23.7 Å². The Morgan fingerprint density at radius 1 is 1.00 bits per heavy atom. The lowest BCUT2D eigenvalue weighted by Gasteiger charge is -2.36. The molecule has 1 fully saturated rings. The Morgan fingerprint density at radius 3 is 2.35 bits per heavy atom. The van der Waals surface area contributed by atoms with Crippen molar-refractivity contribution in [1.82, 2.24) is 4.90 Å². The van der Waals surface area contributed by atoms with E-state index in [0.29, 0.717) is 0 Å². The van der Waals surface area contributed by atoms with Crippen LogP contribution in [0.25, 0.3) is 0 Å². The van der Waals surface area contributed by atoms with Crippen molar-refractivity contribution in [1.29, 1.82) is 0 Å². The molecule has 1 aliphatic rings. The molecule has 0 amide bonds. The monoisotopic (exact) mass is 334 g/mol. The molecule has 2 aromatic rings. The molecule has 23 heavy (non-hydrogen) atoms. The number of benzene rings is 2. The maximum absolute atomic E-state index is 13.5. The molecule has 122 valence electrons. The minimum Gasteiger partial charge on any atom is -0.505 e. The zero-order chi connectivity index (χ0) is 16.2. The Morgan fingerprint density at radius 2 is 1.70 bits per heavy atom. The zero-order valence-electron chi connectivity index (χ0n) is 12.9. The smallest absolute Gasteiger partial charge is 0.166 e. The molecule has 0 aliphatic carbocycles. The van der Waals surface area contributed by atoms with Gasteiger partial charge in [0.25, 0.3) is 0 Å². The van der Waals surface area contributed by atoms with E-state index in [0.717, 1.165) is 49.9 Å². The normalized spacial score (nSPS) is 15.8. The Balaban J connectivity index is 1.50. The summed E-state index contributed by atoms with van der Waals surface area (Å²) in [5, 5.41) is 10.0. The SMILES string of the molecule is Oc1ccc(N2CCN(CCc3ccc(Cl)cc3)CC2)cc1F. The van der Waals surface area contributed by atoms with E-state index in [1.807, 2.05) is 12.1 Å². The van der Waals surface area contributed by atoms with Crippen LogP contribution < -0.4 is 4.90 Å². The van der Waals surface area contributed by atoms with Crippen LogP contribution in [0.2, 0.25) is 5.02 Å². The predicted molar refractivity (Wildman–Crippen MR) is 91.9 cm³/mol. The first-order valence-electron chi connectivity index (χ1n) is 7.82. The summed E-state index contributed by atoms with van der Waals surface area (Å²) >= 11 is 5.90. The Hall–Kier alpha value is -1.78. The Kier molecular flexibility index (Phi) is 5.03. The molecule has 2 aromatic carbocycles. The average Bonchev–Trinajstić information content (AvgIpc) is 2.57. The van der Waals surface area contributed by atoms with Gasteiger partial charge in [-0.05, 0) is 36.2 Å². The first-order chi connectivity index (χ1) is 11.1. The lowest BCUT2D eigenvalue weighted by molar-refractivity contribution is 0.261. The number of nitrogens with zero attached hydrogens (tertiary/aromatic N) is 2. The fraction of sp³-hybridized carbons (Fsp3) is 0.333. The van der Waals surface area contributed by atoms with Gasteiger partial charge in [0.15, 0.2) is 11.6 Å². The minimum absolute atomic E-state index is 0.296. The van der Waals surface area contributed by atoms with Gasteiger partial charge in [-0.25, -0.2) is 4.39 Å². The molecular formula is C18H20ClFN2O. The number of anilines is 1. The summed E-state index contributed by atoms with van der Waals surface area (Å²) < 4.78 is 13.5. The zero-order valence-corrected chi connectivity index (χ0v) is 13.6. The van der Waals surface area contributed by atoms with Crippen LogP contribution in [0.1, 0.15) is 5.56 Å². The van der Waals surface area contributed by atoms with Gasteiger partial charge in [0.05, 0.1) is 0 Å². The van der Waals surface area contributed by atoms with Crippen LogP contribution in [0.4, 0.5) is 10.1 Å². The van der Waals surface area contributed by atoms with Crippen molar-refractivity contribution in [2.24, 2.45) is 0 Å². The third-order valence-corrected chi connectivity index (χ3v) is 4.55. The van der Waals surface area contributed by atoms with Crippen LogP contribution in [0.3, 0.4) is 0 Å². The number of phenolic OH excluding ortho intramolecular Hbond substituents is 1. The van der Waals surface area contributed by atoms with E-state index in [1.165, 1.54) is 17.7 Å². The van der Waals surface area contributed by atoms with Crippen molar-refractivity contribution < 1.29 is 9.50 Å². The molecule has 1 N–H and O–H groups in total. The molecule has 3 rings (SSSR count). The van der Waals surface area contributed by atoms with E-state index in [4.69, 9.17) is 11.6 Å². The van der Waals surface area contributed by atoms with Crippen molar-refractivity contribution in [2.45, 2.75) is 6.42 Å². The number of phenols is 1. The summed E-state index contributed by atoms with van der Waals surface area (Å²) in [7, 11) is 0. The van der Waals surface area contributed by atoms with Crippen LogP contribution in [-0.4, -0.2) is 42.7 Å². The topological polar surface area (TPSA) is 26.7 Å². The van der Waals surface area contributed by atoms with Gasteiger partial charge < -0.3 is 10.0 Å². The first kappa shape index (κ1) is 16.1. The molecule has 0 atom stereocenters. The van der Waals surface area contributed by atoms with E-state index in [1.54, 1.807) is 6.07 Å². The van der Waals surface area contributed by atoms with Gasteiger partial charge in [-0.2, -0.15) is 0 Å². The number of rotatable bonds is 4. The summed E-state index contributed by atoms with van der Waals surface area (Å²) in [5.41, 5.74) is 2.12. The van der Waals surface area contributed by atoms with Crippen LogP contribution in [0.15, 0.2) is 42.5 Å². The summed E-state index contributed by atoms with van der Waals surface area (Å²) in [5.74, 6) is -0.858. The van der Waals surface area contributed by atoms with Crippen molar-refractivity contribution in [3.63, 3.8) is 0 Å². The molecule has 5 heteroatoms. The fourth-order valence-electron chi connectivity index (χ4n) is 2.86. The van der Waals surface area contributed by atoms with Crippen molar-refractivity contribution in [2.75, 3.05) is 37.6 Å². The lowest BCUT2D eigenvalue weighted by atomic mass is 10.1. The highest BCUT2D eigenvalue weighted by Gasteiger charge is 2.17. The van der Waals surface area contributed by atoms with Crippen LogP contribution >= 0.6 is 11.6 Å². The number of aromatic hydroxyl groups is 1. The molecule has 1 heterocycles. The van der Waals surface area contributed by atoms with Gasteiger partial charge >= 0.3 is 0 Å². The summed E-state index contributed by atoms with van der Waals surface area (Å²) in [6, 6.07) is 12.6. The number of hydrogen-bond acceptors (Lipinski definition) is 3. The van der Waals surface area contributed by atoms with Gasteiger partial charge in [0.1, 0.15) is 0 Å². The van der Waals surface area contributed by atoms with Crippen LogP contribution in [0, 0.1) is 5.82 Å². The van der Waals surface area contributed by atoms with Gasteiger partial charge in [0, 0.05) is 49.5 Å². The quantitative estimate of drug-likeness (QED) is 0.926. The lowest BCUT2D eigenvalue weighted by Crippen LogP contribution is -2.47. The summed E-state index contributed by atoms with van der Waals surface area (Å²) in [6.45, 7) is 4.65. The van der Waals surface area contributed by atoms with Gasteiger partial charge in [0.2, 0.25) is 0 Å². The van der Waals surface area contributed by atoms with E-state index in [-0.39, 0.29) is 5.75 Å². The van der Waals surface area contributed by atoms with Crippen molar-refractivity contribution in [3.8, 4) is 5.75 Å². The molecule has 0 bridgehead atoms. The molecule has 0 unspecified atom stereocenters. The largest absolute Gasteiger partial charge is 0.505 e. The van der Waals surface area contributed by atoms with E-state index in [9.17, 15) is 9.50 Å². The Bertz CT molecular complexity index is 655. The maximum Gasteiger partial charge on any atom is 0.166 e. The summed E-state index contributed by atoms with van der Waals surface area (Å²) in [6.07, 6.45) is 1.00. The van der Waals surface area contributed by atoms with Gasteiger partial charge in [-0.15, -0.1) is 0 Å². The first-order valence-corrected chi connectivity index (χ1v) is 8.20. The molecular weight excluding hydrogens is 315 g/mol. The van der Waals surface area contributed by atoms with Crippen molar-refractivity contribution in [3.05, 3.63) is 58.9 Å². The maximum atomic E-state index is 13.5. The number of hydrogen-bond donors (Lipinski definition) is 1. The van der Waals surface area contributed by atoms with Crippen LogP contribution in [-0.2, 0) is 6.42 Å². The summed E-state index contributed by atoms with van der Waals surface area (Å²) in [4.78, 5) is 4.57. The van der Waals surface area contributed by atoms with Crippen molar-refractivity contribution >= 4 is 17.3 Å². The third kappa shape index (κ3) is 4.15. The highest BCUT2D eigenvalue weighted by atomic mass is 35.5. The highest BCUT2D eigenvalue weighted by Crippen LogP contribution is 2.23. The molecule has 0 saturated carbocycles. The van der Waals surface area contributed by atoms with Gasteiger partial charge in [-0.3, -0.25) is 4.90 Å². The van der Waals surface area contributed by atoms with Crippen LogP contribution in [0.5, 0.6) is 5.75 Å². The van der Waals surface area contributed by atoms with E-state index < -0.39 is 5.82 Å². The standard InChI is InChI=1S/C18H20ClFN2O/c19-15-3-1-14(2-4-15)7-8-21-9-11-22(12-10-21)16-5-6-18(23)17(20)13-16/h1-6,13,23H,7-12H2. The predicted octanol–water partition coefficient (Wildman–Crippen LogP) is 3.55. The third-order valence-electron chi connectivity index (χ3n) is 4.30. The number of halogens is 2. The molecule has 0 radical (unpaired) electrons. The van der Waals surface area contributed by atoms with E-state index >= 15 is 0 Å². The second kappa shape index (κ2) is 7.20. The van der Waals surface area contributed by atoms with E-state index in [2.05, 4.69) is 21.9 Å². The average molecular weight is 335 g/mol. The number of piperazine rings is 1. The highest BCUT2D eigenvalue weighted by molar-refractivity contribution is 6.30. The minimum atomic E-state index is -0.562. The Labute approximate surface area is 140 Å². The second-order valence-electron chi connectivity index (χ2n) is 5.84. The second-order valence-corrected chi connectivity index (χ2v) is 6.28. The molecule has 3 nitrogen and oxygen atoms in total.